The van der Waals surface area contributed by atoms with Crippen molar-refractivity contribution in [2.75, 3.05) is 0 Å². The predicted octanol–water partition coefficient (Wildman–Crippen LogP) is 4.40. The lowest BCUT2D eigenvalue weighted by Gasteiger charge is -2.04. The summed E-state index contributed by atoms with van der Waals surface area (Å²) in [5.41, 5.74) is 1.71. The molecule has 0 saturated heterocycles. The van der Waals surface area contributed by atoms with E-state index in [9.17, 15) is 4.79 Å². The first kappa shape index (κ1) is 14.8. The lowest BCUT2D eigenvalue weighted by molar-refractivity contribution is 0.467. The molecule has 1 aromatic heterocycles. The second-order valence-electron chi connectivity index (χ2n) is 5.39. The Morgan fingerprint density at radius 3 is 2.65 bits per heavy atom. The summed E-state index contributed by atoms with van der Waals surface area (Å²) in [7, 11) is 0. The standard InChI is InChI=1S/C17H23NO2/c1-3-4-5-6-7-8-9-14-10-11-15-16(12-14)18-13(2)20-17(15)19/h10-12H,3-9H2,1-2H3. The van der Waals surface area contributed by atoms with E-state index in [1.54, 1.807) is 6.92 Å². The zero-order chi connectivity index (χ0) is 14.4. The van der Waals surface area contributed by atoms with Gasteiger partial charge in [-0.1, -0.05) is 45.1 Å². The largest absolute Gasteiger partial charge is 0.408 e. The van der Waals surface area contributed by atoms with Crippen LogP contribution in [0, 0.1) is 6.92 Å². The number of aryl methyl sites for hydroxylation is 2. The number of aromatic nitrogens is 1. The Hall–Kier alpha value is -1.64. The smallest absolute Gasteiger partial charge is 0.346 e. The van der Waals surface area contributed by atoms with Gasteiger partial charge in [0.05, 0.1) is 10.9 Å². The van der Waals surface area contributed by atoms with E-state index in [-0.39, 0.29) is 5.63 Å². The van der Waals surface area contributed by atoms with Crippen LogP contribution in [0.2, 0.25) is 0 Å². The Morgan fingerprint density at radius 1 is 1.10 bits per heavy atom. The quantitative estimate of drug-likeness (QED) is 0.702. The van der Waals surface area contributed by atoms with Crippen LogP contribution in [0.25, 0.3) is 10.9 Å². The fraction of sp³-hybridized carbons (Fsp3) is 0.529. The maximum absolute atomic E-state index is 11.7. The van der Waals surface area contributed by atoms with E-state index in [2.05, 4.69) is 11.9 Å². The molecule has 0 spiro atoms. The third kappa shape index (κ3) is 3.92. The normalized spacial score (nSPS) is 11.1. The van der Waals surface area contributed by atoms with Crippen molar-refractivity contribution in [3.63, 3.8) is 0 Å². The van der Waals surface area contributed by atoms with Crippen LogP contribution in [0.5, 0.6) is 0 Å². The van der Waals surface area contributed by atoms with E-state index in [0.29, 0.717) is 11.3 Å². The van der Waals surface area contributed by atoms with Crippen molar-refractivity contribution in [3.8, 4) is 0 Å². The fourth-order valence-corrected chi connectivity index (χ4v) is 2.49. The number of rotatable bonds is 7. The summed E-state index contributed by atoms with van der Waals surface area (Å²) in [6.07, 6.45) is 8.84. The maximum Gasteiger partial charge on any atom is 0.346 e. The minimum Gasteiger partial charge on any atom is -0.408 e. The van der Waals surface area contributed by atoms with E-state index in [0.717, 1.165) is 11.9 Å². The predicted molar refractivity (Wildman–Crippen MR) is 82.1 cm³/mol. The topological polar surface area (TPSA) is 43.1 Å². The van der Waals surface area contributed by atoms with Gasteiger partial charge in [0.25, 0.3) is 0 Å². The maximum atomic E-state index is 11.7. The molecular weight excluding hydrogens is 250 g/mol. The molecule has 108 valence electrons. The zero-order valence-corrected chi connectivity index (χ0v) is 12.4. The van der Waals surface area contributed by atoms with Gasteiger partial charge in [0.1, 0.15) is 0 Å². The van der Waals surface area contributed by atoms with Gasteiger partial charge in [-0.15, -0.1) is 0 Å². The molecule has 0 atom stereocenters. The van der Waals surface area contributed by atoms with Gasteiger partial charge in [0, 0.05) is 6.92 Å². The summed E-state index contributed by atoms with van der Waals surface area (Å²) in [6, 6.07) is 5.87. The van der Waals surface area contributed by atoms with Crippen LogP contribution in [0.1, 0.15) is 56.9 Å². The number of unbranched alkanes of at least 4 members (excludes halogenated alkanes) is 5. The average Bonchev–Trinajstić information content (AvgIpc) is 2.42. The van der Waals surface area contributed by atoms with Gasteiger partial charge in [-0.05, 0) is 30.5 Å². The molecule has 0 aliphatic heterocycles. The Labute approximate surface area is 120 Å². The first-order valence-electron chi connectivity index (χ1n) is 7.61. The monoisotopic (exact) mass is 273 g/mol. The van der Waals surface area contributed by atoms with Gasteiger partial charge in [-0.2, -0.15) is 0 Å². The minimum absolute atomic E-state index is 0.293. The molecule has 0 amide bonds. The molecule has 1 heterocycles. The van der Waals surface area contributed by atoms with E-state index in [1.807, 2.05) is 18.2 Å². The van der Waals surface area contributed by atoms with E-state index in [1.165, 1.54) is 44.1 Å². The lowest BCUT2D eigenvalue weighted by atomic mass is 10.0. The first-order chi connectivity index (χ1) is 9.70. The van der Waals surface area contributed by atoms with Gasteiger partial charge in [0.15, 0.2) is 5.89 Å². The van der Waals surface area contributed by atoms with E-state index in [4.69, 9.17) is 4.42 Å². The molecule has 0 fully saturated rings. The van der Waals surface area contributed by atoms with Crippen molar-refractivity contribution < 1.29 is 4.42 Å². The van der Waals surface area contributed by atoms with E-state index >= 15 is 0 Å². The van der Waals surface area contributed by atoms with Crippen molar-refractivity contribution in [2.24, 2.45) is 0 Å². The molecule has 0 bridgehead atoms. The van der Waals surface area contributed by atoms with Crippen LogP contribution in [-0.4, -0.2) is 4.98 Å². The Morgan fingerprint density at radius 2 is 1.85 bits per heavy atom. The molecule has 0 unspecified atom stereocenters. The van der Waals surface area contributed by atoms with Crippen molar-refractivity contribution in [1.82, 2.24) is 4.98 Å². The second-order valence-corrected chi connectivity index (χ2v) is 5.39. The molecule has 0 saturated carbocycles. The third-order valence-electron chi connectivity index (χ3n) is 3.62. The van der Waals surface area contributed by atoms with Crippen molar-refractivity contribution in [3.05, 3.63) is 40.1 Å². The number of nitrogens with zero attached hydrogens (tertiary/aromatic N) is 1. The molecule has 2 rings (SSSR count). The average molecular weight is 273 g/mol. The van der Waals surface area contributed by atoms with Crippen LogP contribution < -0.4 is 5.63 Å². The summed E-state index contributed by atoms with van der Waals surface area (Å²) in [5, 5.41) is 0.572. The number of fused-ring (bicyclic) bond motifs is 1. The Bertz CT molecular complexity index is 616. The third-order valence-corrected chi connectivity index (χ3v) is 3.62. The van der Waals surface area contributed by atoms with E-state index < -0.39 is 0 Å². The molecule has 20 heavy (non-hydrogen) atoms. The van der Waals surface area contributed by atoms with Gasteiger partial charge in [0.2, 0.25) is 0 Å². The fourth-order valence-electron chi connectivity index (χ4n) is 2.49. The first-order valence-corrected chi connectivity index (χ1v) is 7.61. The summed E-state index contributed by atoms with van der Waals surface area (Å²) in [5.74, 6) is 0.430. The molecular formula is C17H23NO2. The van der Waals surface area contributed by atoms with Gasteiger partial charge < -0.3 is 4.42 Å². The Balaban J connectivity index is 1.96. The van der Waals surface area contributed by atoms with Crippen LogP contribution in [0.15, 0.2) is 27.4 Å². The van der Waals surface area contributed by atoms with Crippen molar-refractivity contribution in [2.45, 2.75) is 58.8 Å². The summed E-state index contributed by atoms with van der Waals surface area (Å²) >= 11 is 0. The van der Waals surface area contributed by atoms with Crippen LogP contribution >= 0.6 is 0 Å². The number of hydrogen-bond donors (Lipinski definition) is 0. The van der Waals surface area contributed by atoms with Gasteiger partial charge >= 0.3 is 5.63 Å². The van der Waals surface area contributed by atoms with Crippen LogP contribution in [-0.2, 0) is 6.42 Å². The van der Waals surface area contributed by atoms with Crippen LogP contribution in [0.4, 0.5) is 0 Å². The molecule has 0 aliphatic carbocycles. The highest BCUT2D eigenvalue weighted by Crippen LogP contribution is 2.14. The Kier molecular flexibility index (Phi) is 5.33. The van der Waals surface area contributed by atoms with Crippen molar-refractivity contribution >= 4 is 10.9 Å². The SMILES string of the molecule is CCCCCCCCc1ccc2c(=O)oc(C)nc2c1. The minimum atomic E-state index is -0.293. The molecule has 2 aromatic rings. The highest BCUT2D eigenvalue weighted by Gasteiger charge is 2.04. The molecule has 0 radical (unpaired) electrons. The second kappa shape index (κ2) is 7.22. The van der Waals surface area contributed by atoms with Crippen molar-refractivity contribution in [1.29, 1.82) is 0 Å². The molecule has 1 aromatic carbocycles. The number of hydrogen-bond acceptors (Lipinski definition) is 3. The lowest BCUT2D eigenvalue weighted by Crippen LogP contribution is -2.03. The summed E-state index contributed by atoms with van der Waals surface area (Å²) in [4.78, 5) is 16.0. The summed E-state index contributed by atoms with van der Waals surface area (Å²) in [6.45, 7) is 3.95. The zero-order valence-electron chi connectivity index (χ0n) is 12.4. The highest BCUT2D eigenvalue weighted by molar-refractivity contribution is 5.77. The molecule has 0 N–H and O–H groups in total. The molecule has 3 nitrogen and oxygen atoms in total. The highest BCUT2D eigenvalue weighted by atomic mass is 16.4. The van der Waals surface area contributed by atoms with Gasteiger partial charge in [-0.25, -0.2) is 9.78 Å². The molecule has 0 aliphatic rings. The van der Waals surface area contributed by atoms with Gasteiger partial charge in [-0.3, -0.25) is 0 Å². The van der Waals surface area contributed by atoms with Crippen LogP contribution in [0.3, 0.4) is 0 Å². The number of benzene rings is 1. The summed E-state index contributed by atoms with van der Waals surface area (Å²) < 4.78 is 5.00. The molecule has 3 heteroatoms.